The Balaban J connectivity index is 2.10. The molecule has 2 aromatic rings. The van der Waals surface area contributed by atoms with E-state index in [0.29, 0.717) is 6.42 Å². The summed E-state index contributed by atoms with van der Waals surface area (Å²) >= 11 is 0. The summed E-state index contributed by atoms with van der Waals surface area (Å²) in [6, 6.07) is 3.69. The second-order valence-electron chi connectivity index (χ2n) is 7.15. The smallest absolute Gasteiger partial charge is 0.419 e. The standard InChI is InChI=1S/C20H27F3N3O2/c1-4-5-6-7-8-9-12-27-16-11-10-14(13-15(16)20(21,22)23)17-25-26-18(28-17)19(2,3)24/h10-11,13H,2,4-9,12,24H2,1,3H3/t19-/m0/s1. The largest absolute Gasteiger partial charge is 0.493 e. The number of nitrogens with zero attached hydrogens (tertiary/aromatic N) is 2. The van der Waals surface area contributed by atoms with Gasteiger partial charge in [0.1, 0.15) is 5.75 Å². The van der Waals surface area contributed by atoms with Crippen molar-refractivity contribution >= 4 is 0 Å². The summed E-state index contributed by atoms with van der Waals surface area (Å²) < 4.78 is 51.2. The molecule has 0 fully saturated rings. The number of rotatable bonds is 10. The lowest BCUT2D eigenvalue weighted by Gasteiger charge is -2.15. The predicted octanol–water partition coefficient (Wildman–Crippen LogP) is 5.50. The van der Waals surface area contributed by atoms with Crippen LogP contribution in [0.5, 0.6) is 5.75 Å². The van der Waals surface area contributed by atoms with Crippen molar-refractivity contribution in [3.63, 3.8) is 0 Å². The summed E-state index contributed by atoms with van der Waals surface area (Å²) in [7, 11) is 0. The second-order valence-corrected chi connectivity index (χ2v) is 7.15. The van der Waals surface area contributed by atoms with Gasteiger partial charge in [0.2, 0.25) is 11.8 Å². The van der Waals surface area contributed by atoms with Gasteiger partial charge in [0.15, 0.2) is 0 Å². The second kappa shape index (κ2) is 9.41. The normalized spacial score (nSPS) is 12.4. The van der Waals surface area contributed by atoms with E-state index in [9.17, 15) is 13.2 Å². The van der Waals surface area contributed by atoms with Crippen molar-refractivity contribution in [2.75, 3.05) is 6.61 Å². The number of aromatic nitrogens is 2. The third-order valence-corrected chi connectivity index (χ3v) is 4.20. The van der Waals surface area contributed by atoms with Crippen molar-refractivity contribution < 1.29 is 22.3 Å². The number of halogens is 3. The molecule has 1 aromatic heterocycles. The van der Waals surface area contributed by atoms with Crippen molar-refractivity contribution in [1.82, 2.24) is 10.2 Å². The van der Waals surface area contributed by atoms with Crippen LogP contribution in [0.2, 0.25) is 0 Å². The Hall–Kier alpha value is -2.09. The zero-order chi connectivity index (χ0) is 20.8. The van der Waals surface area contributed by atoms with Gasteiger partial charge < -0.3 is 14.9 Å². The number of hydrogen-bond donors (Lipinski definition) is 1. The summed E-state index contributed by atoms with van der Waals surface area (Å²) in [5.41, 5.74) is 3.91. The van der Waals surface area contributed by atoms with Gasteiger partial charge in [-0.3, -0.25) is 0 Å². The molecule has 1 aromatic carbocycles. The van der Waals surface area contributed by atoms with E-state index < -0.39 is 17.3 Å². The van der Waals surface area contributed by atoms with Crippen LogP contribution in [0.4, 0.5) is 13.2 Å². The first-order chi connectivity index (χ1) is 13.1. The molecule has 0 aliphatic heterocycles. The minimum Gasteiger partial charge on any atom is -0.493 e. The van der Waals surface area contributed by atoms with Gasteiger partial charge in [-0.15, -0.1) is 10.2 Å². The topological polar surface area (TPSA) is 74.2 Å². The van der Waals surface area contributed by atoms with E-state index in [4.69, 9.17) is 14.9 Å². The lowest BCUT2D eigenvalue weighted by atomic mass is 10.1. The quantitative estimate of drug-likeness (QED) is 0.535. The van der Waals surface area contributed by atoms with Crippen LogP contribution >= 0.6 is 0 Å². The van der Waals surface area contributed by atoms with Crippen molar-refractivity contribution in [3.05, 3.63) is 36.6 Å². The van der Waals surface area contributed by atoms with Gasteiger partial charge in [-0.05, 0) is 38.5 Å². The molecule has 1 heterocycles. The number of alkyl halides is 3. The fourth-order valence-corrected chi connectivity index (χ4v) is 2.65. The molecule has 155 valence electrons. The van der Waals surface area contributed by atoms with E-state index in [2.05, 4.69) is 24.0 Å². The van der Waals surface area contributed by atoms with Crippen LogP contribution < -0.4 is 10.5 Å². The van der Waals surface area contributed by atoms with Gasteiger partial charge in [0, 0.05) is 5.56 Å². The Morgan fingerprint density at radius 2 is 1.79 bits per heavy atom. The van der Waals surface area contributed by atoms with E-state index >= 15 is 0 Å². The summed E-state index contributed by atoms with van der Waals surface area (Å²) in [5.74, 6) is -0.215. The number of ether oxygens (including phenoxy) is 1. The molecule has 0 aliphatic rings. The number of benzene rings is 1. The highest BCUT2D eigenvalue weighted by Gasteiger charge is 2.35. The molecule has 0 aliphatic carbocycles. The van der Waals surface area contributed by atoms with Gasteiger partial charge >= 0.3 is 6.18 Å². The zero-order valence-corrected chi connectivity index (χ0v) is 16.3. The molecular weight excluding hydrogens is 371 g/mol. The van der Waals surface area contributed by atoms with Gasteiger partial charge in [0.05, 0.1) is 17.7 Å². The highest BCUT2D eigenvalue weighted by Crippen LogP contribution is 2.39. The van der Waals surface area contributed by atoms with Crippen LogP contribution in [0, 0.1) is 6.92 Å². The Morgan fingerprint density at radius 3 is 2.39 bits per heavy atom. The first-order valence-electron chi connectivity index (χ1n) is 9.45. The van der Waals surface area contributed by atoms with Gasteiger partial charge in [-0.2, -0.15) is 13.2 Å². The van der Waals surface area contributed by atoms with Crippen molar-refractivity contribution in [1.29, 1.82) is 0 Å². The Bertz CT molecular complexity index is 752. The molecule has 2 rings (SSSR count). The lowest BCUT2D eigenvalue weighted by molar-refractivity contribution is -0.138. The third kappa shape index (κ3) is 6.22. The average Bonchev–Trinajstić information content (AvgIpc) is 3.11. The fourth-order valence-electron chi connectivity index (χ4n) is 2.65. The Morgan fingerprint density at radius 1 is 1.11 bits per heavy atom. The van der Waals surface area contributed by atoms with Crippen LogP contribution in [-0.2, 0) is 11.7 Å². The molecule has 0 spiro atoms. The molecular formula is C20H27F3N3O2. The first kappa shape index (κ1) is 22.2. The Kier molecular flexibility index (Phi) is 7.46. The number of nitrogens with two attached hydrogens (primary N) is 1. The molecule has 0 unspecified atom stereocenters. The molecule has 2 N–H and O–H groups in total. The van der Waals surface area contributed by atoms with Crippen LogP contribution in [0.3, 0.4) is 0 Å². The lowest BCUT2D eigenvalue weighted by Crippen LogP contribution is -2.29. The van der Waals surface area contributed by atoms with Crippen molar-refractivity contribution in [2.24, 2.45) is 5.73 Å². The Labute approximate surface area is 163 Å². The van der Waals surface area contributed by atoms with Crippen molar-refractivity contribution in [2.45, 2.75) is 64.1 Å². The minimum absolute atomic E-state index is 0.0412. The predicted molar refractivity (Wildman–Crippen MR) is 101 cm³/mol. The van der Waals surface area contributed by atoms with Gasteiger partial charge in [0.25, 0.3) is 0 Å². The van der Waals surface area contributed by atoms with E-state index in [1.54, 1.807) is 6.92 Å². The molecule has 0 saturated carbocycles. The SMILES string of the molecule is [CH2][C@@](C)(N)c1nnc(-c2ccc(OCCCCCCCC)c(C(F)(F)F)c2)o1. The highest BCUT2D eigenvalue weighted by atomic mass is 19.4. The van der Waals surface area contributed by atoms with Crippen LogP contribution in [-0.4, -0.2) is 16.8 Å². The summed E-state index contributed by atoms with van der Waals surface area (Å²) in [4.78, 5) is 0. The van der Waals surface area contributed by atoms with Crippen LogP contribution in [0.1, 0.15) is 63.8 Å². The maximum Gasteiger partial charge on any atom is 0.419 e. The van der Waals surface area contributed by atoms with Crippen LogP contribution in [0.25, 0.3) is 11.5 Å². The maximum atomic E-state index is 13.5. The molecule has 0 amide bonds. The molecule has 0 bridgehead atoms. The maximum absolute atomic E-state index is 13.5. The zero-order valence-electron chi connectivity index (χ0n) is 16.3. The number of unbranched alkanes of at least 4 members (excludes halogenated alkanes) is 5. The number of hydrogen-bond acceptors (Lipinski definition) is 5. The van der Waals surface area contributed by atoms with E-state index in [1.165, 1.54) is 18.6 Å². The summed E-state index contributed by atoms with van der Waals surface area (Å²) in [5, 5.41) is 7.52. The molecule has 1 radical (unpaired) electrons. The average molecular weight is 398 g/mol. The van der Waals surface area contributed by atoms with Crippen molar-refractivity contribution in [3.8, 4) is 17.2 Å². The molecule has 8 heteroatoms. The van der Waals surface area contributed by atoms with Gasteiger partial charge in [-0.1, -0.05) is 39.0 Å². The summed E-state index contributed by atoms with van der Waals surface area (Å²) in [6.45, 7) is 7.60. The van der Waals surface area contributed by atoms with Crippen LogP contribution in [0.15, 0.2) is 22.6 Å². The van der Waals surface area contributed by atoms with Gasteiger partial charge in [-0.25, -0.2) is 0 Å². The third-order valence-electron chi connectivity index (χ3n) is 4.20. The van der Waals surface area contributed by atoms with E-state index in [1.807, 2.05) is 0 Å². The summed E-state index contributed by atoms with van der Waals surface area (Å²) in [6.07, 6.45) is 1.62. The molecule has 5 nitrogen and oxygen atoms in total. The minimum atomic E-state index is -4.57. The van der Waals surface area contributed by atoms with E-state index in [0.717, 1.165) is 31.7 Å². The molecule has 28 heavy (non-hydrogen) atoms. The fraction of sp³-hybridized carbons (Fsp3) is 0.550. The molecule has 1 atom stereocenters. The highest BCUT2D eigenvalue weighted by molar-refractivity contribution is 5.57. The first-order valence-corrected chi connectivity index (χ1v) is 9.45. The monoisotopic (exact) mass is 398 g/mol. The molecule has 0 saturated heterocycles. The van der Waals surface area contributed by atoms with E-state index in [-0.39, 0.29) is 29.7 Å².